The molecule has 2 aromatic heterocycles. The van der Waals surface area contributed by atoms with Gasteiger partial charge in [-0.3, -0.25) is 9.67 Å². The number of carboxylic acids is 1. The molecule has 3 aromatic rings. The number of pyridine rings is 1. The van der Waals surface area contributed by atoms with Crippen molar-refractivity contribution in [1.29, 1.82) is 0 Å². The minimum atomic E-state index is -1.10. The van der Waals surface area contributed by atoms with Gasteiger partial charge in [0.2, 0.25) is 0 Å². The van der Waals surface area contributed by atoms with Crippen LogP contribution in [0.15, 0.2) is 42.6 Å². The van der Waals surface area contributed by atoms with Crippen LogP contribution in [0.1, 0.15) is 11.3 Å². The maximum absolute atomic E-state index is 13.8. The van der Waals surface area contributed by atoms with Gasteiger partial charge >= 0.3 is 5.97 Å². The number of rotatable bonds is 4. The SMILES string of the molecule is O=C(O)/C=C/c1nn(Cc2ccc(F)cc2F)c2cccnc12. The zero-order valence-corrected chi connectivity index (χ0v) is 11.8. The van der Waals surface area contributed by atoms with Gasteiger partial charge in [-0.25, -0.2) is 13.6 Å². The molecule has 0 spiro atoms. The predicted molar refractivity (Wildman–Crippen MR) is 79.7 cm³/mol. The molecule has 116 valence electrons. The maximum Gasteiger partial charge on any atom is 0.328 e. The lowest BCUT2D eigenvalue weighted by Crippen LogP contribution is -2.04. The van der Waals surface area contributed by atoms with E-state index in [1.165, 1.54) is 22.9 Å². The third-order valence-electron chi connectivity index (χ3n) is 3.25. The maximum atomic E-state index is 13.8. The zero-order chi connectivity index (χ0) is 16.4. The largest absolute Gasteiger partial charge is 0.478 e. The van der Waals surface area contributed by atoms with Crippen LogP contribution in [-0.4, -0.2) is 25.8 Å². The smallest absolute Gasteiger partial charge is 0.328 e. The lowest BCUT2D eigenvalue weighted by atomic mass is 10.2. The Balaban J connectivity index is 2.05. The fourth-order valence-corrected chi connectivity index (χ4v) is 2.23. The van der Waals surface area contributed by atoms with E-state index in [1.807, 2.05) is 0 Å². The fourth-order valence-electron chi connectivity index (χ4n) is 2.23. The standard InChI is InChI=1S/C16H11F2N3O2/c17-11-4-3-10(12(18)8-11)9-21-14-2-1-7-19-16(14)13(20-21)5-6-15(22)23/h1-8H,9H2,(H,22,23)/b6-5+. The molecule has 0 saturated heterocycles. The van der Waals surface area contributed by atoms with E-state index in [0.29, 0.717) is 16.7 Å². The summed E-state index contributed by atoms with van der Waals surface area (Å²) in [6.07, 6.45) is 3.85. The van der Waals surface area contributed by atoms with Crippen molar-refractivity contribution in [3.63, 3.8) is 0 Å². The average Bonchev–Trinajstić information content (AvgIpc) is 2.86. The summed E-state index contributed by atoms with van der Waals surface area (Å²) in [5, 5.41) is 13.0. The Kier molecular flexibility index (Phi) is 3.84. The Labute approximate surface area is 129 Å². The molecule has 0 atom stereocenters. The van der Waals surface area contributed by atoms with Crippen LogP contribution in [0.4, 0.5) is 8.78 Å². The Bertz CT molecular complexity index is 919. The molecule has 0 unspecified atom stereocenters. The second-order valence-electron chi connectivity index (χ2n) is 4.82. The minimum absolute atomic E-state index is 0.0786. The van der Waals surface area contributed by atoms with Crippen LogP contribution in [0.2, 0.25) is 0 Å². The summed E-state index contributed by atoms with van der Waals surface area (Å²) in [7, 11) is 0. The van der Waals surface area contributed by atoms with Crippen LogP contribution in [-0.2, 0) is 11.3 Å². The number of halogens is 2. The number of fused-ring (bicyclic) bond motifs is 1. The Hall–Kier alpha value is -3.09. The molecule has 5 nitrogen and oxygen atoms in total. The van der Waals surface area contributed by atoms with Gasteiger partial charge in [-0.15, -0.1) is 0 Å². The summed E-state index contributed by atoms with van der Waals surface area (Å²) >= 11 is 0. The molecule has 0 bridgehead atoms. The van der Waals surface area contributed by atoms with Gasteiger partial charge in [0.05, 0.1) is 12.1 Å². The summed E-state index contributed by atoms with van der Waals surface area (Å²) in [4.78, 5) is 14.8. The van der Waals surface area contributed by atoms with Crippen LogP contribution >= 0.6 is 0 Å². The molecule has 0 radical (unpaired) electrons. The van der Waals surface area contributed by atoms with Crippen LogP contribution in [0.25, 0.3) is 17.1 Å². The first-order valence-corrected chi connectivity index (χ1v) is 6.71. The molecule has 0 fully saturated rings. The van der Waals surface area contributed by atoms with Gasteiger partial charge in [0.25, 0.3) is 0 Å². The molecular formula is C16H11F2N3O2. The van der Waals surface area contributed by atoms with Crippen molar-refractivity contribution in [1.82, 2.24) is 14.8 Å². The topological polar surface area (TPSA) is 68.0 Å². The monoisotopic (exact) mass is 315 g/mol. The molecule has 0 aliphatic heterocycles. The third kappa shape index (κ3) is 3.08. The van der Waals surface area contributed by atoms with E-state index >= 15 is 0 Å². The number of aliphatic carboxylic acids is 1. The quantitative estimate of drug-likeness (QED) is 0.752. The normalized spacial score (nSPS) is 11.4. The van der Waals surface area contributed by atoms with E-state index in [4.69, 9.17) is 5.11 Å². The summed E-state index contributed by atoms with van der Waals surface area (Å²) in [6, 6.07) is 6.78. The van der Waals surface area contributed by atoms with E-state index in [-0.39, 0.29) is 12.1 Å². The van der Waals surface area contributed by atoms with Gasteiger partial charge in [0.15, 0.2) is 0 Å². The first-order valence-electron chi connectivity index (χ1n) is 6.71. The Morgan fingerprint density at radius 1 is 1.30 bits per heavy atom. The minimum Gasteiger partial charge on any atom is -0.478 e. The van der Waals surface area contributed by atoms with Gasteiger partial charge < -0.3 is 5.11 Å². The summed E-state index contributed by atoms with van der Waals surface area (Å²) in [5.74, 6) is -2.42. The predicted octanol–water partition coefficient (Wildman–Crippen LogP) is 2.86. The summed E-state index contributed by atoms with van der Waals surface area (Å²) in [5.41, 5.74) is 1.77. The molecule has 0 saturated carbocycles. The molecule has 1 aromatic carbocycles. The van der Waals surface area contributed by atoms with E-state index in [9.17, 15) is 13.6 Å². The molecule has 0 amide bonds. The molecule has 23 heavy (non-hydrogen) atoms. The Morgan fingerprint density at radius 3 is 2.87 bits per heavy atom. The first kappa shape index (κ1) is 14.8. The number of carbonyl (C=O) groups is 1. The van der Waals surface area contributed by atoms with Crippen molar-refractivity contribution in [3.8, 4) is 0 Å². The van der Waals surface area contributed by atoms with E-state index in [0.717, 1.165) is 12.1 Å². The van der Waals surface area contributed by atoms with Gasteiger partial charge in [-0.05, 0) is 24.3 Å². The highest BCUT2D eigenvalue weighted by molar-refractivity contribution is 5.90. The number of carboxylic acid groups (broad SMARTS) is 1. The van der Waals surface area contributed by atoms with Crippen molar-refractivity contribution >= 4 is 23.1 Å². The zero-order valence-electron chi connectivity index (χ0n) is 11.8. The molecule has 3 rings (SSSR count). The number of hydrogen-bond donors (Lipinski definition) is 1. The number of benzene rings is 1. The van der Waals surface area contributed by atoms with Crippen molar-refractivity contribution in [2.24, 2.45) is 0 Å². The van der Waals surface area contributed by atoms with Crippen molar-refractivity contribution in [3.05, 3.63) is 65.5 Å². The van der Waals surface area contributed by atoms with Gasteiger partial charge in [0, 0.05) is 23.9 Å². The molecule has 0 aliphatic rings. The molecule has 1 N–H and O–H groups in total. The summed E-state index contributed by atoms with van der Waals surface area (Å²) < 4.78 is 28.3. The van der Waals surface area contributed by atoms with E-state index in [2.05, 4.69) is 10.1 Å². The van der Waals surface area contributed by atoms with Gasteiger partial charge in [0.1, 0.15) is 22.8 Å². The molecule has 2 heterocycles. The summed E-state index contributed by atoms with van der Waals surface area (Å²) in [6.45, 7) is 0.0786. The third-order valence-corrected chi connectivity index (χ3v) is 3.25. The lowest BCUT2D eigenvalue weighted by molar-refractivity contribution is -0.131. The number of nitrogens with zero attached hydrogens (tertiary/aromatic N) is 3. The van der Waals surface area contributed by atoms with Gasteiger partial charge in [-0.2, -0.15) is 5.10 Å². The lowest BCUT2D eigenvalue weighted by Gasteiger charge is -2.05. The second-order valence-corrected chi connectivity index (χ2v) is 4.82. The van der Waals surface area contributed by atoms with E-state index in [1.54, 1.807) is 18.3 Å². The van der Waals surface area contributed by atoms with Gasteiger partial charge in [-0.1, -0.05) is 6.07 Å². The van der Waals surface area contributed by atoms with E-state index < -0.39 is 17.6 Å². The Morgan fingerprint density at radius 2 is 2.13 bits per heavy atom. The van der Waals surface area contributed by atoms with Crippen LogP contribution < -0.4 is 0 Å². The van der Waals surface area contributed by atoms with Crippen molar-refractivity contribution in [2.45, 2.75) is 6.54 Å². The number of aromatic nitrogens is 3. The second kappa shape index (κ2) is 5.96. The highest BCUT2D eigenvalue weighted by Crippen LogP contribution is 2.19. The highest BCUT2D eigenvalue weighted by Gasteiger charge is 2.12. The van der Waals surface area contributed by atoms with Crippen LogP contribution in [0.5, 0.6) is 0 Å². The molecular weight excluding hydrogens is 304 g/mol. The van der Waals surface area contributed by atoms with Crippen LogP contribution in [0.3, 0.4) is 0 Å². The first-order chi connectivity index (χ1) is 11.0. The number of hydrogen-bond acceptors (Lipinski definition) is 3. The van der Waals surface area contributed by atoms with Crippen molar-refractivity contribution < 1.29 is 18.7 Å². The average molecular weight is 315 g/mol. The highest BCUT2D eigenvalue weighted by atomic mass is 19.1. The fraction of sp³-hybridized carbons (Fsp3) is 0.0625. The van der Waals surface area contributed by atoms with Crippen molar-refractivity contribution in [2.75, 3.05) is 0 Å². The molecule has 7 heteroatoms. The molecule has 0 aliphatic carbocycles. The van der Waals surface area contributed by atoms with Crippen LogP contribution in [0, 0.1) is 11.6 Å².